The van der Waals surface area contributed by atoms with Gasteiger partial charge in [0.05, 0.1) is 0 Å². The molecule has 0 N–H and O–H groups in total. The number of hydrogen-bond donors (Lipinski definition) is 0. The maximum absolute atomic E-state index is 13.2. The van der Waals surface area contributed by atoms with Crippen molar-refractivity contribution in [2.24, 2.45) is 0 Å². The Morgan fingerprint density at radius 2 is 1.42 bits per heavy atom. The summed E-state index contributed by atoms with van der Waals surface area (Å²) >= 11 is 0. The van der Waals surface area contributed by atoms with E-state index in [1.54, 1.807) is 60.7 Å². The number of amides is 2. The van der Waals surface area contributed by atoms with E-state index in [0.29, 0.717) is 22.7 Å². The largest absolute Gasteiger partial charge is 0.471 e. The van der Waals surface area contributed by atoms with Gasteiger partial charge in [0.2, 0.25) is 0 Å². The fraction of sp³-hybridized carbons (Fsp3) is 0.263. The maximum Gasteiger partial charge on any atom is 0.471 e. The molecule has 4 nitrogen and oxygen atoms in total. The van der Waals surface area contributed by atoms with Crippen LogP contribution in [-0.4, -0.2) is 35.5 Å². The average Bonchev–Trinajstić information content (AvgIpc) is 3.12. The van der Waals surface area contributed by atoms with Gasteiger partial charge in [0.25, 0.3) is 5.91 Å². The van der Waals surface area contributed by atoms with Gasteiger partial charge in [0.1, 0.15) is 6.04 Å². The van der Waals surface area contributed by atoms with Gasteiger partial charge < -0.3 is 4.90 Å². The molecule has 1 heterocycles. The highest BCUT2D eigenvalue weighted by Gasteiger charge is 2.48. The Morgan fingerprint density at radius 3 is 1.88 bits per heavy atom. The van der Waals surface area contributed by atoms with Crippen LogP contribution in [0.5, 0.6) is 0 Å². The summed E-state index contributed by atoms with van der Waals surface area (Å²) in [6, 6.07) is 16.2. The highest BCUT2D eigenvalue weighted by atomic mass is 19.4. The molecule has 0 unspecified atom stereocenters. The molecule has 136 valence electrons. The van der Waals surface area contributed by atoms with Gasteiger partial charge in [-0.05, 0) is 37.1 Å². The smallest absolute Gasteiger partial charge is 0.323 e. The van der Waals surface area contributed by atoms with Crippen molar-refractivity contribution in [2.45, 2.75) is 25.1 Å². The van der Waals surface area contributed by atoms with E-state index in [1.165, 1.54) is 4.90 Å². The van der Waals surface area contributed by atoms with Crippen LogP contribution in [0.2, 0.25) is 0 Å². The lowest BCUT2D eigenvalue weighted by Crippen LogP contribution is -2.50. The number of hydrogen-bond acceptors (Lipinski definition) is 2. The molecule has 0 radical (unpaired) electrons. The summed E-state index contributed by atoms with van der Waals surface area (Å²) in [6.07, 6.45) is -4.43. The number of nitrogens with zero attached hydrogens (tertiary/aromatic N) is 2. The number of halogens is 3. The first-order valence-electron chi connectivity index (χ1n) is 8.21. The summed E-state index contributed by atoms with van der Waals surface area (Å²) in [7, 11) is 0. The van der Waals surface area contributed by atoms with Crippen LogP contribution in [0.3, 0.4) is 0 Å². The van der Waals surface area contributed by atoms with Crippen molar-refractivity contribution in [3.63, 3.8) is 0 Å². The summed E-state index contributed by atoms with van der Waals surface area (Å²) in [5.74, 6) is -2.51. The Morgan fingerprint density at radius 1 is 0.923 bits per heavy atom. The van der Waals surface area contributed by atoms with Crippen molar-refractivity contribution in [1.29, 1.82) is 0 Å². The molecular weight excluding hydrogens is 345 g/mol. The summed E-state index contributed by atoms with van der Waals surface area (Å²) in [5.41, 5.74) is 1.07. The molecule has 1 aliphatic heterocycles. The molecule has 1 saturated heterocycles. The van der Waals surface area contributed by atoms with Crippen LogP contribution < -0.4 is 4.90 Å². The minimum absolute atomic E-state index is 0.0772. The van der Waals surface area contributed by atoms with Gasteiger partial charge in [0, 0.05) is 17.9 Å². The molecule has 1 fully saturated rings. The van der Waals surface area contributed by atoms with Crippen molar-refractivity contribution in [2.75, 3.05) is 11.4 Å². The van der Waals surface area contributed by atoms with Gasteiger partial charge in [-0.25, -0.2) is 0 Å². The number of benzene rings is 2. The van der Waals surface area contributed by atoms with E-state index < -0.39 is 24.0 Å². The van der Waals surface area contributed by atoms with Gasteiger partial charge in [-0.15, -0.1) is 0 Å². The van der Waals surface area contributed by atoms with Crippen molar-refractivity contribution in [3.8, 4) is 0 Å². The zero-order chi connectivity index (χ0) is 18.7. The third kappa shape index (κ3) is 3.56. The summed E-state index contributed by atoms with van der Waals surface area (Å²) in [6.45, 7) is -0.0772. The normalized spacial score (nSPS) is 17.2. The molecule has 7 heteroatoms. The Balaban J connectivity index is 1.97. The third-order valence-corrected chi connectivity index (χ3v) is 4.29. The molecule has 26 heavy (non-hydrogen) atoms. The fourth-order valence-corrected chi connectivity index (χ4v) is 3.14. The quantitative estimate of drug-likeness (QED) is 0.831. The van der Waals surface area contributed by atoms with Crippen LogP contribution in [0.1, 0.15) is 12.8 Å². The maximum atomic E-state index is 13.2. The van der Waals surface area contributed by atoms with Crippen molar-refractivity contribution < 1.29 is 22.8 Å². The molecule has 1 aliphatic rings. The summed E-state index contributed by atoms with van der Waals surface area (Å²) in [5, 5.41) is 0. The predicted molar refractivity (Wildman–Crippen MR) is 90.8 cm³/mol. The minimum atomic E-state index is -4.99. The Kier molecular flexibility index (Phi) is 4.97. The number of para-hydroxylation sites is 2. The number of rotatable bonds is 3. The number of likely N-dealkylation sites (tertiary alicyclic amines) is 1. The predicted octanol–water partition coefficient (Wildman–Crippen LogP) is 3.90. The molecule has 1 atom stereocenters. The number of carbonyl (C=O) groups excluding carboxylic acids is 2. The summed E-state index contributed by atoms with van der Waals surface area (Å²) < 4.78 is 38.6. The minimum Gasteiger partial charge on any atom is -0.323 e. The van der Waals surface area contributed by atoms with Crippen LogP contribution in [0, 0.1) is 0 Å². The Bertz CT molecular complexity index is 739. The zero-order valence-electron chi connectivity index (χ0n) is 13.8. The second kappa shape index (κ2) is 7.19. The second-order valence-electron chi connectivity index (χ2n) is 6.00. The number of anilines is 2. The van der Waals surface area contributed by atoms with Gasteiger partial charge >= 0.3 is 12.1 Å². The van der Waals surface area contributed by atoms with E-state index >= 15 is 0 Å². The standard InChI is InChI=1S/C19H17F3N2O2/c20-19(21,22)18(26)23-13-7-12-16(23)17(25)24(14-8-3-1-4-9-14)15-10-5-2-6-11-15/h1-6,8-11,16H,7,12-13H2/t16-/m0/s1. The lowest BCUT2D eigenvalue weighted by atomic mass is 10.1. The van der Waals surface area contributed by atoms with Crippen molar-refractivity contribution in [1.82, 2.24) is 4.90 Å². The van der Waals surface area contributed by atoms with Gasteiger partial charge in [0.15, 0.2) is 0 Å². The second-order valence-corrected chi connectivity index (χ2v) is 6.00. The first-order chi connectivity index (χ1) is 12.4. The van der Waals surface area contributed by atoms with Crippen LogP contribution in [0.25, 0.3) is 0 Å². The zero-order valence-corrected chi connectivity index (χ0v) is 13.8. The average molecular weight is 362 g/mol. The molecule has 2 aromatic carbocycles. The van der Waals surface area contributed by atoms with Gasteiger partial charge in [-0.2, -0.15) is 13.2 Å². The molecule has 3 rings (SSSR count). The van der Waals surface area contributed by atoms with E-state index in [1.807, 2.05) is 0 Å². The molecule has 0 aliphatic carbocycles. The Hall–Kier alpha value is -2.83. The van der Waals surface area contributed by atoms with Gasteiger partial charge in [-0.1, -0.05) is 36.4 Å². The van der Waals surface area contributed by atoms with Crippen LogP contribution in [0.15, 0.2) is 60.7 Å². The molecular formula is C19H17F3N2O2. The van der Waals surface area contributed by atoms with Crippen molar-refractivity contribution >= 4 is 23.2 Å². The van der Waals surface area contributed by atoms with E-state index in [0.717, 1.165) is 0 Å². The van der Waals surface area contributed by atoms with E-state index in [2.05, 4.69) is 0 Å². The first kappa shape index (κ1) is 18.0. The first-order valence-corrected chi connectivity index (χ1v) is 8.21. The van der Waals surface area contributed by atoms with Crippen molar-refractivity contribution in [3.05, 3.63) is 60.7 Å². The molecule has 0 bridgehead atoms. The molecule has 2 amide bonds. The lowest BCUT2D eigenvalue weighted by molar-refractivity contribution is -0.186. The fourth-order valence-electron chi connectivity index (χ4n) is 3.14. The molecule has 0 saturated carbocycles. The topological polar surface area (TPSA) is 40.6 Å². The van der Waals surface area contributed by atoms with E-state index in [9.17, 15) is 22.8 Å². The lowest BCUT2D eigenvalue weighted by Gasteiger charge is -2.30. The molecule has 2 aromatic rings. The van der Waals surface area contributed by atoms with Crippen LogP contribution in [-0.2, 0) is 9.59 Å². The van der Waals surface area contributed by atoms with Gasteiger partial charge in [-0.3, -0.25) is 14.5 Å². The van der Waals surface area contributed by atoms with Crippen LogP contribution >= 0.6 is 0 Å². The number of carbonyl (C=O) groups is 2. The van der Waals surface area contributed by atoms with E-state index in [4.69, 9.17) is 0 Å². The monoisotopic (exact) mass is 362 g/mol. The summed E-state index contributed by atoms with van der Waals surface area (Å²) in [4.78, 5) is 26.9. The highest BCUT2D eigenvalue weighted by Crippen LogP contribution is 2.31. The SMILES string of the molecule is O=C([C@@H]1CCCN1C(=O)C(F)(F)F)N(c1ccccc1)c1ccccc1. The molecule has 0 spiro atoms. The Labute approximate surface area is 148 Å². The van der Waals surface area contributed by atoms with E-state index in [-0.39, 0.29) is 13.0 Å². The third-order valence-electron chi connectivity index (χ3n) is 4.29. The molecule has 0 aromatic heterocycles. The van der Waals surface area contributed by atoms with Crippen LogP contribution in [0.4, 0.5) is 24.5 Å². The highest BCUT2D eigenvalue weighted by molar-refractivity contribution is 6.05. The number of alkyl halides is 3.